The summed E-state index contributed by atoms with van der Waals surface area (Å²) in [5.41, 5.74) is 0. The minimum atomic E-state index is -0.645. The quantitative estimate of drug-likeness (QED) is 0.311. The summed E-state index contributed by atoms with van der Waals surface area (Å²) in [5, 5.41) is 22.2. The summed E-state index contributed by atoms with van der Waals surface area (Å²) >= 11 is 0. The Morgan fingerprint density at radius 3 is 1.72 bits per heavy atom. The van der Waals surface area contributed by atoms with Crippen molar-refractivity contribution in [2.45, 2.75) is 122 Å². The van der Waals surface area contributed by atoms with Crippen molar-refractivity contribution in [3.63, 3.8) is 0 Å². The first-order valence-corrected chi connectivity index (χ1v) is 10.7. The molecule has 0 aromatic heterocycles. The molecule has 0 aromatic rings. The maximum atomic E-state index is 11.6. The Hall–Kier alpha value is -0.610. The number of aliphatic hydroxyl groups excluding tert-OH is 2. The van der Waals surface area contributed by atoms with Crippen molar-refractivity contribution in [2.24, 2.45) is 0 Å². The molecule has 3 N–H and O–H groups in total. The maximum Gasteiger partial charge on any atom is 0.220 e. The fourth-order valence-electron chi connectivity index (χ4n) is 3.17. The van der Waals surface area contributed by atoms with E-state index in [0.29, 0.717) is 12.8 Å². The molecule has 1 amide bonds. The average molecular weight is 358 g/mol. The number of carbonyl (C=O) groups is 1. The van der Waals surface area contributed by atoms with E-state index in [9.17, 15) is 15.0 Å². The van der Waals surface area contributed by atoms with Gasteiger partial charge in [-0.15, -0.1) is 0 Å². The lowest BCUT2D eigenvalue weighted by Gasteiger charge is -2.22. The molecule has 150 valence electrons. The van der Waals surface area contributed by atoms with Crippen LogP contribution in [0.5, 0.6) is 0 Å². The molecule has 0 heterocycles. The van der Waals surface area contributed by atoms with Gasteiger partial charge in [0.1, 0.15) is 0 Å². The van der Waals surface area contributed by atoms with Crippen LogP contribution >= 0.6 is 0 Å². The van der Waals surface area contributed by atoms with Gasteiger partial charge in [0.15, 0.2) is 0 Å². The van der Waals surface area contributed by atoms with Crippen molar-refractivity contribution >= 4 is 5.91 Å². The van der Waals surface area contributed by atoms with E-state index in [-0.39, 0.29) is 12.5 Å². The first kappa shape index (κ1) is 24.4. The van der Waals surface area contributed by atoms with Gasteiger partial charge in [-0.2, -0.15) is 0 Å². The minimum absolute atomic E-state index is 0.0877. The van der Waals surface area contributed by atoms with E-state index in [1.807, 2.05) is 6.92 Å². The first-order valence-electron chi connectivity index (χ1n) is 10.7. The van der Waals surface area contributed by atoms with Crippen molar-refractivity contribution < 1.29 is 15.0 Å². The van der Waals surface area contributed by atoms with Gasteiger partial charge in [0, 0.05) is 6.42 Å². The highest BCUT2D eigenvalue weighted by atomic mass is 16.3. The van der Waals surface area contributed by atoms with Gasteiger partial charge in [0.05, 0.1) is 18.8 Å². The van der Waals surface area contributed by atoms with Crippen LogP contribution in [0.2, 0.25) is 0 Å². The monoisotopic (exact) mass is 357 g/mol. The summed E-state index contributed by atoms with van der Waals surface area (Å²) in [4.78, 5) is 11.6. The summed E-state index contributed by atoms with van der Waals surface area (Å²) < 4.78 is 0. The molecule has 0 bridgehead atoms. The van der Waals surface area contributed by atoms with Gasteiger partial charge in [-0.25, -0.2) is 0 Å². The third-order valence-electron chi connectivity index (χ3n) is 4.84. The van der Waals surface area contributed by atoms with Crippen LogP contribution in [0.25, 0.3) is 0 Å². The number of rotatable bonds is 18. The fourth-order valence-corrected chi connectivity index (χ4v) is 3.17. The second kappa shape index (κ2) is 18.2. The second-order valence-corrected chi connectivity index (χ2v) is 7.35. The highest BCUT2D eigenvalue weighted by Gasteiger charge is 2.19. The molecule has 0 radical (unpaired) electrons. The van der Waals surface area contributed by atoms with Gasteiger partial charge in [-0.3, -0.25) is 4.79 Å². The van der Waals surface area contributed by atoms with Crippen LogP contribution in [0, 0.1) is 0 Å². The van der Waals surface area contributed by atoms with Gasteiger partial charge in [-0.1, -0.05) is 90.9 Å². The van der Waals surface area contributed by atoms with Gasteiger partial charge in [0.2, 0.25) is 5.91 Å². The molecule has 0 rings (SSSR count). The lowest BCUT2D eigenvalue weighted by Crippen LogP contribution is -2.45. The van der Waals surface area contributed by atoms with E-state index in [4.69, 9.17) is 0 Å². The fraction of sp³-hybridized carbons (Fsp3) is 0.952. The Kier molecular flexibility index (Phi) is 17.7. The molecular weight excluding hydrogens is 314 g/mol. The van der Waals surface area contributed by atoms with Crippen LogP contribution in [0.3, 0.4) is 0 Å². The highest BCUT2D eigenvalue weighted by Crippen LogP contribution is 2.13. The molecule has 0 saturated heterocycles. The molecule has 0 aliphatic rings. The first-order chi connectivity index (χ1) is 12.2. The predicted octanol–water partition coefficient (Wildman–Crippen LogP) is 4.72. The van der Waals surface area contributed by atoms with E-state index in [0.717, 1.165) is 19.3 Å². The van der Waals surface area contributed by atoms with Gasteiger partial charge in [-0.05, 0) is 12.8 Å². The zero-order valence-electron chi connectivity index (χ0n) is 16.8. The minimum Gasteiger partial charge on any atom is -0.394 e. The van der Waals surface area contributed by atoms with Crippen molar-refractivity contribution in [3.8, 4) is 0 Å². The van der Waals surface area contributed by atoms with Crippen molar-refractivity contribution in [1.82, 2.24) is 5.32 Å². The number of carbonyl (C=O) groups excluding carboxylic acids is 1. The summed E-state index contributed by atoms with van der Waals surface area (Å²) in [7, 11) is 0. The largest absolute Gasteiger partial charge is 0.394 e. The molecule has 4 heteroatoms. The molecule has 0 aromatic carbocycles. The van der Waals surface area contributed by atoms with Crippen LogP contribution < -0.4 is 5.32 Å². The van der Waals surface area contributed by atoms with Crippen LogP contribution in [0.15, 0.2) is 0 Å². The molecule has 4 nitrogen and oxygen atoms in total. The normalized spacial score (nSPS) is 13.6. The van der Waals surface area contributed by atoms with Gasteiger partial charge < -0.3 is 15.5 Å². The summed E-state index contributed by atoms with van der Waals surface area (Å²) in [6.07, 6.45) is 16.7. The smallest absolute Gasteiger partial charge is 0.220 e. The lowest BCUT2D eigenvalue weighted by atomic mass is 10.0. The Bertz CT molecular complexity index is 297. The van der Waals surface area contributed by atoms with Crippen LogP contribution in [-0.4, -0.2) is 34.9 Å². The van der Waals surface area contributed by atoms with E-state index in [1.54, 1.807) is 0 Å². The zero-order chi connectivity index (χ0) is 18.8. The van der Waals surface area contributed by atoms with Crippen molar-refractivity contribution in [2.75, 3.05) is 6.61 Å². The Balaban J connectivity index is 3.49. The third-order valence-corrected chi connectivity index (χ3v) is 4.84. The molecule has 0 aliphatic heterocycles. The summed E-state index contributed by atoms with van der Waals surface area (Å²) in [6, 6.07) is -0.522. The number of aliphatic hydroxyl groups is 2. The molecule has 0 saturated carbocycles. The molecule has 2 atom stereocenters. The van der Waals surface area contributed by atoms with E-state index >= 15 is 0 Å². The van der Waals surface area contributed by atoms with Crippen LogP contribution in [0.1, 0.15) is 110 Å². The molecule has 2 unspecified atom stereocenters. The van der Waals surface area contributed by atoms with Crippen molar-refractivity contribution in [1.29, 1.82) is 0 Å². The van der Waals surface area contributed by atoms with Gasteiger partial charge in [0.25, 0.3) is 0 Å². The highest BCUT2D eigenvalue weighted by molar-refractivity contribution is 5.76. The Morgan fingerprint density at radius 2 is 1.28 bits per heavy atom. The van der Waals surface area contributed by atoms with E-state index in [1.165, 1.54) is 64.2 Å². The molecule has 0 fully saturated rings. The summed E-state index contributed by atoms with van der Waals surface area (Å²) in [6.45, 7) is 4.00. The topological polar surface area (TPSA) is 69.6 Å². The average Bonchev–Trinajstić information content (AvgIpc) is 2.60. The number of amides is 1. The number of hydrogen-bond acceptors (Lipinski definition) is 3. The van der Waals surface area contributed by atoms with Gasteiger partial charge >= 0.3 is 0 Å². The van der Waals surface area contributed by atoms with E-state index < -0.39 is 12.1 Å². The number of hydrogen-bond donors (Lipinski definition) is 3. The van der Waals surface area contributed by atoms with E-state index in [2.05, 4.69) is 12.2 Å². The Morgan fingerprint density at radius 1 is 0.800 bits per heavy atom. The number of unbranched alkanes of at least 4 members (excludes halogenated alkanes) is 11. The predicted molar refractivity (Wildman–Crippen MR) is 106 cm³/mol. The SMILES string of the molecule is CCCCCCCCCCCCCCC(O)C(CO)NC(=O)CCC. The standard InChI is InChI=1S/C21H43NO3/c1-3-5-6-7-8-9-10-11-12-13-14-15-17-20(24)19(18-23)22-21(25)16-4-2/h19-20,23-24H,3-18H2,1-2H3,(H,22,25). The molecular formula is C21H43NO3. The van der Waals surface area contributed by atoms with Crippen LogP contribution in [-0.2, 0) is 4.79 Å². The molecule has 0 aliphatic carbocycles. The number of nitrogens with one attached hydrogen (secondary N) is 1. The maximum absolute atomic E-state index is 11.6. The third kappa shape index (κ3) is 15.4. The molecule has 0 spiro atoms. The van der Waals surface area contributed by atoms with Crippen molar-refractivity contribution in [3.05, 3.63) is 0 Å². The molecule has 25 heavy (non-hydrogen) atoms. The van der Waals surface area contributed by atoms with Crippen LogP contribution in [0.4, 0.5) is 0 Å². The second-order valence-electron chi connectivity index (χ2n) is 7.35. The zero-order valence-corrected chi connectivity index (χ0v) is 16.8. The lowest BCUT2D eigenvalue weighted by molar-refractivity contribution is -0.123. The summed E-state index contributed by atoms with van der Waals surface area (Å²) in [5.74, 6) is -0.0877. The Labute approximate surface area is 155 Å².